The maximum atomic E-state index is 12.5. The Bertz CT molecular complexity index is 668. The summed E-state index contributed by atoms with van der Waals surface area (Å²) in [4.78, 5) is 14.9. The van der Waals surface area contributed by atoms with Crippen LogP contribution in [-0.4, -0.2) is 30.4 Å². The van der Waals surface area contributed by atoms with Crippen molar-refractivity contribution in [1.29, 1.82) is 0 Å². The highest BCUT2D eigenvalue weighted by molar-refractivity contribution is 6.33. The van der Waals surface area contributed by atoms with Crippen molar-refractivity contribution in [2.45, 2.75) is 25.3 Å². The summed E-state index contributed by atoms with van der Waals surface area (Å²) in [6.45, 7) is 2.76. The molecule has 2 aromatic rings. The second kappa shape index (κ2) is 8.32. The van der Waals surface area contributed by atoms with Gasteiger partial charge in [-0.15, -0.1) is 0 Å². The summed E-state index contributed by atoms with van der Waals surface area (Å²) in [7, 11) is 0. The Morgan fingerprint density at radius 3 is 2.38 bits per heavy atom. The summed E-state index contributed by atoms with van der Waals surface area (Å²) in [5.74, 6) is -0.112. The van der Waals surface area contributed by atoms with E-state index in [9.17, 15) is 4.79 Å². The molecule has 0 unspecified atom stereocenters. The van der Waals surface area contributed by atoms with Crippen molar-refractivity contribution < 1.29 is 4.79 Å². The lowest BCUT2D eigenvalue weighted by Gasteiger charge is -2.35. The summed E-state index contributed by atoms with van der Waals surface area (Å²) in [5, 5.41) is 3.56. The number of amides is 1. The number of hydrogen-bond acceptors (Lipinski definition) is 2. The Labute approximate surface area is 148 Å². The molecule has 0 saturated carbocycles. The third kappa shape index (κ3) is 4.16. The standard InChI is InChI=1S/C20H23ClN2O/c21-18-12-6-5-11-17(18)20(24)22-15-19(16-9-3-1-4-10-16)23-13-7-2-8-14-23/h1,3-6,9-12,19H,2,7-8,13-15H2,(H,22,24)/t19-/m1/s1. The Hall–Kier alpha value is -1.84. The molecule has 0 bridgehead atoms. The summed E-state index contributed by atoms with van der Waals surface area (Å²) >= 11 is 6.13. The normalized spacial score (nSPS) is 16.5. The van der Waals surface area contributed by atoms with Crippen LogP contribution in [0.2, 0.25) is 5.02 Å². The molecule has 0 aliphatic carbocycles. The van der Waals surface area contributed by atoms with E-state index >= 15 is 0 Å². The van der Waals surface area contributed by atoms with Crippen LogP contribution in [0.3, 0.4) is 0 Å². The van der Waals surface area contributed by atoms with E-state index in [1.54, 1.807) is 12.1 Å². The zero-order valence-electron chi connectivity index (χ0n) is 13.7. The van der Waals surface area contributed by atoms with Crippen LogP contribution in [0.25, 0.3) is 0 Å². The Morgan fingerprint density at radius 2 is 1.67 bits per heavy atom. The number of piperidine rings is 1. The molecular weight excluding hydrogens is 320 g/mol. The summed E-state index contributed by atoms with van der Waals surface area (Å²) in [5.41, 5.74) is 1.78. The van der Waals surface area contributed by atoms with E-state index in [1.807, 2.05) is 18.2 Å². The molecule has 0 spiro atoms. The van der Waals surface area contributed by atoms with Gasteiger partial charge in [0, 0.05) is 6.54 Å². The maximum Gasteiger partial charge on any atom is 0.252 e. The second-order valence-electron chi connectivity index (χ2n) is 6.21. The average molecular weight is 343 g/mol. The molecule has 1 heterocycles. The molecule has 1 aliphatic heterocycles. The van der Waals surface area contributed by atoms with Crippen LogP contribution in [0.1, 0.15) is 41.2 Å². The first-order chi connectivity index (χ1) is 11.8. The molecule has 3 nitrogen and oxygen atoms in total. The lowest BCUT2D eigenvalue weighted by molar-refractivity contribution is 0.0924. The number of carbonyl (C=O) groups excluding carboxylic acids is 1. The molecule has 1 saturated heterocycles. The highest BCUT2D eigenvalue weighted by Gasteiger charge is 2.23. The third-order valence-corrected chi connectivity index (χ3v) is 4.92. The van der Waals surface area contributed by atoms with Gasteiger partial charge in [-0.1, -0.05) is 60.5 Å². The number of benzene rings is 2. The van der Waals surface area contributed by atoms with Crippen LogP contribution < -0.4 is 5.32 Å². The van der Waals surface area contributed by atoms with Gasteiger partial charge >= 0.3 is 0 Å². The van der Waals surface area contributed by atoms with Crippen molar-refractivity contribution in [2.24, 2.45) is 0 Å². The van der Waals surface area contributed by atoms with E-state index in [0.29, 0.717) is 17.1 Å². The number of carbonyl (C=O) groups is 1. The number of nitrogens with zero attached hydrogens (tertiary/aromatic N) is 1. The number of nitrogens with one attached hydrogen (secondary N) is 1. The third-order valence-electron chi connectivity index (χ3n) is 4.59. The van der Waals surface area contributed by atoms with Crippen LogP contribution in [0.15, 0.2) is 54.6 Å². The van der Waals surface area contributed by atoms with Gasteiger partial charge < -0.3 is 5.32 Å². The fourth-order valence-corrected chi connectivity index (χ4v) is 3.51. The van der Waals surface area contributed by atoms with Crippen LogP contribution in [-0.2, 0) is 0 Å². The zero-order valence-corrected chi connectivity index (χ0v) is 14.5. The highest BCUT2D eigenvalue weighted by Crippen LogP contribution is 2.24. The van der Waals surface area contributed by atoms with Crippen molar-refractivity contribution in [2.75, 3.05) is 19.6 Å². The first-order valence-electron chi connectivity index (χ1n) is 8.57. The van der Waals surface area contributed by atoms with Crippen LogP contribution in [0, 0.1) is 0 Å². The van der Waals surface area contributed by atoms with Gasteiger partial charge in [0.25, 0.3) is 5.91 Å². The van der Waals surface area contributed by atoms with Crippen LogP contribution in [0.4, 0.5) is 0 Å². The van der Waals surface area contributed by atoms with Gasteiger partial charge in [-0.2, -0.15) is 0 Å². The molecule has 3 rings (SSSR count). The minimum atomic E-state index is -0.112. The van der Waals surface area contributed by atoms with Crippen molar-refractivity contribution in [3.05, 3.63) is 70.7 Å². The maximum absolute atomic E-state index is 12.5. The average Bonchev–Trinajstić information content (AvgIpc) is 2.64. The van der Waals surface area contributed by atoms with Gasteiger partial charge in [-0.3, -0.25) is 9.69 Å². The number of halogens is 1. The summed E-state index contributed by atoms with van der Waals surface area (Å²) in [6, 6.07) is 17.8. The van der Waals surface area contributed by atoms with Gasteiger partial charge in [-0.25, -0.2) is 0 Å². The molecule has 126 valence electrons. The molecule has 1 aliphatic rings. The van der Waals surface area contributed by atoms with Crippen LogP contribution in [0.5, 0.6) is 0 Å². The molecule has 0 aromatic heterocycles. The molecule has 1 amide bonds. The Balaban J connectivity index is 1.72. The first kappa shape index (κ1) is 17.0. The van der Waals surface area contributed by atoms with E-state index in [-0.39, 0.29) is 11.9 Å². The molecule has 0 radical (unpaired) electrons. The number of hydrogen-bond donors (Lipinski definition) is 1. The van der Waals surface area contributed by atoms with Crippen molar-refractivity contribution in [3.63, 3.8) is 0 Å². The van der Waals surface area contributed by atoms with E-state index in [4.69, 9.17) is 11.6 Å². The van der Waals surface area contributed by atoms with Crippen molar-refractivity contribution in [3.8, 4) is 0 Å². The smallest absolute Gasteiger partial charge is 0.252 e. The molecule has 1 fully saturated rings. The first-order valence-corrected chi connectivity index (χ1v) is 8.95. The number of likely N-dealkylation sites (tertiary alicyclic amines) is 1. The quantitative estimate of drug-likeness (QED) is 0.878. The van der Waals surface area contributed by atoms with Gasteiger partial charge in [0.2, 0.25) is 0 Å². The van der Waals surface area contributed by atoms with Gasteiger partial charge in [0.15, 0.2) is 0 Å². The van der Waals surface area contributed by atoms with E-state index in [0.717, 1.165) is 13.1 Å². The molecule has 2 aromatic carbocycles. The highest BCUT2D eigenvalue weighted by atomic mass is 35.5. The molecular formula is C20H23ClN2O. The van der Waals surface area contributed by atoms with Crippen molar-refractivity contribution in [1.82, 2.24) is 10.2 Å². The fourth-order valence-electron chi connectivity index (χ4n) is 3.29. The minimum absolute atomic E-state index is 0.112. The Kier molecular flexibility index (Phi) is 5.89. The Morgan fingerprint density at radius 1 is 1.00 bits per heavy atom. The van der Waals surface area contributed by atoms with Gasteiger partial charge in [-0.05, 0) is 43.6 Å². The van der Waals surface area contributed by atoms with E-state index in [2.05, 4.69) is 34.5 Å². The molecule has 1 atom stereocenters. The SMILES string of the molecule is O=C(NC[C@H](c1ccccc1)N1CCCCC1)c1ccccc1Cl. The van der Waals surface area contributed by atoms with Gasteiger partial charge in [0.05, 0.1) is 16.6 Å². The molecule has 1 N–H and O–H groups in total. The predicted octanol–water partition coefficient (Wildman–Crippen LogP) is 4.30. The van der Waals surface area contributed by atoms with Crippen LogP contribution >= 0.6 is 11.6 Å². The van der Waals surface area contributed by atoms with E-state index in [1.165, 1.54) is 24.8 Å². The van der Waals surface area contributed by atoms with Crippen molar-refractivity contribution >= 4 is 17.5 Å². The predicted molar refractivity (Wildman–Crippen MR) is 98.4 cm³/mol. The monoisotopic (exact) mass is 342 g/mol. The summed E-state index contributed by atoms with van der Waals surface area (Å²) in [6.07, 6.45) is 3.74. The molecule has 24 heavy (non-hydrogen) atoms. The molecule has 4 heteroatoms. The summed E-state index contributed by atoms with van der Waals surface area (Å²) < 4.78 is 0. The lowest BCUT2D eigenvalue weighted by atomic mass is 10.0. The van der Waals surface area contributed by atoms with Gasteiger partial charge in [0.1, 0.15) is 0 Å². The van der Waals surface area contributed by atoms with E-state index < -0.39 is 0 Å². The number of rotatable bonds is 5. The largest absolute Gasteiger partial charge is 0.350 e. The minimum Gasteiger partial charge on any atom is -0.350 e. The topological polar surface area (TPSA) is 32.3 Å². The zero-order chi connectivity index (χ0) is 16.8. The lowest BCUT2D eigenvalue weighted by Crippen LogP contribution is -2.40. The second-order valence-corrected chi connectivity index (χ2v) is 6.62. The fraction of sp³-hybridized carbons (Fsp3) is 0.350.